The summed E-state index contributed by atoms with van der Waals surface area (Å²) in [6.07, 6.45) is 1.11. The maximum atomic E-state index is 13.6. The monoisotopic (exact) mass is 296 g/mol. The van der Waals surface area contributed by atoms with E-state index in [1.54, 1.807) is 0 Å². The molecule has 9 heteroatoms. The number of pyridine rings is 1. The molecule has 2 aromatic rings. The van der Waals surface area contributed by atoms with Crippen molar-refractivity contribution in [2.24, 2.45) is 0 Å². The molecule has 0 saturated heterocycles. The molecule has 0 aliphatic carbocycles. The third-order valence-corrected chi connectivity index (χ3v) is 2.38. The minimum absolute atomic E-state index is 0.102. The first-order valence-electron chi connectivity index (χ1n) is 5.39. The molecule has 0 amide bonds. The summed E-state index contributed by atoms with van der Waals surface area (Å²) in [6, 6.07) is 3.12. The van der Waals surface area contributed by atoms with Crippen LogP contribution >= 0.6 is 0 Å². The summed E-state index contributed by atoms with van der Waals surface area (Å²) in [4.78, 5) is 23.6. The van der Waals surface area contributed by atoms with Gasteiger partial charge in [0.15, 0.2) is 17.3 Å². The lowest BCUT2D eigenvalue weighted by Crippen LogP contribution is -2.00. The number of halogens is 2. The van der Waals surface area contributed by atoms with Gasteiger partial charge in [-0.05, 0) is 6.07 Å². The van der Waals surface area contributed by atoms with Crippen LogP contribution in [-0.4, -0.2) is 21.0 Å². The lowest BCUT2D eigenvalue weighted by Gasteiger charge is -2.07. The highest BCUT2D eigenvalue weighted by molar-refractivity contribution is 5.85. The molecule has 0 spiro atoms. The van der Waals surface area contributed by atoms with E-state index in [0.29, 0.717) is 12.1 Å². The number of hydrogen-bond acceptors (Lipinski definition) is 5. The van der Waals surface area contributed by atoms with Crippen molar-refractivity contribution in [1.29, 1.82) is 0 Å². The largest absolute Gasteiger partial charge is 0.477 e. The zero-order valence-electron chi connectivity index (χ0n) is 10.1. The number of carboxylic acids is 1. The molecule has 1 N–H and O–H groups in total. The van der Waals surface area contributed by atoms with Crippen LogP contribution in [0.2, 0.25) is 0 Å². The molecule has 0 bridgehead atoms. The first-order valence-corrected chi connectivity index (χ1v) is 5.39. The molecule has 0 aliphatic rings. The summed E-state index contributed by atoms with van der Waals surface area (Å²) in [6.45, 7) is 0. The van der Waals surface area contributed by atoms with E-state index in [9.17, 15) is 23.7 Å². The van der Waals surface area contributed by atoms with Gasteiger partial charge in [-0.1, -0.05) is 0 Å². The second-order valence-electron chi connectivity index (χ2n) is 3.78. The van der Waals surface area contributed by atoms with Gasteiger partial charge in [-0.15, -0.1) is 0 Å². The molecule has 1 aromatic heterocycles. The van der Waals surface area contributed by atoms with Crippen LogP contribution in [0.15, 0.2) is 30.5 Å². The van der Waals surface area contributed by atoms with Crippen LogP contribution in [0, 0.1) is 21.7 Å². The molecule has 2 rings (SSSR count). The molecule has 108 valence electrons. The van der Waals surface area contributed by atoms with Crippen molar-refractivity contribution in [2.75, 3.05) is 0 Å². The van der Waals surface area contributed by atoms with Gasteiger partial charge < -0.3 is 9.84 Å². The fourth-order valence-electron chi connectivity index (χ4n) is 1.45. The van der Waals surface area contributed by atoms with Crippen molar-refractivity contribution in [3.8, 4) is 11.5 Å². The van der Waals surface area contributed by atoms with Crippen LogP contribution in [-0.2, 0) is 0 Å². The van der Waals surface area contributed by atoms with Gasteiger partial charge in [0.05, 0.1) is 11.0 Å². The van der Waals surface area contributed by atoms with Crippen molar-refractivity contribution in [1.82, 2.24) is 4.98 Å². The lowest BCUT2D eigenvalue weighted by atomic mass is 10.2. The summed E-state index contributed by atoms with van der Waals surface area (Å²) in [7, 11) is 0. The average Bonchev–Trinajstić information content (AvgIpc) is 2.42. The third kappa shape index (κ3) is 3.08. The van der Waals surface area contributed by atoms with Crippen LogP contribution in [0.1, 0.15) is 10.5 Å². The van der Waals surface area contributed by atoms with Crippen LogP contribution in [0.5, 0.6) is 11.5 Å². The van der Waals surface area contributed by atoms with Crippen LogP contribution in [0.25, 0.3) is 0 Å². The molecule has 0 aliphatic heterocycles. The Balaban J connectivity index is 2.36. The number of aromatic carboxylic acids is 1. The normalized spacial score (nSPS) is 10.2. The minimum atomic E-state index is -1.32. The second kappa shape index (κ2) is 5.49. The van der Waals surface area contributed by atoms with Gasteiger partial charge in [-0.3, -0.25) is 10.1 Å². The quantitative estimate of drug-likeness (QED) is 0.687. The van der Waals surface area contributed by atoms with Gasteiger partial charge in [0, 0.05) is 18.3 Å². The number of nitro groups is 1. The summed E-state index contributed by atoms with van der Waals surface area (Å²) >= 11 is 0. The van der Waals surface area contributed by atoms with Crippen molar-refractivity contribution >= 4 is 11.7 Å². The van der Waals surface area contributed by atoms with Crippen molar-refractivity contribution in [3.05, 3.63) is 57.9 Å². The van der Waals surface area contributed by atoms with E-state index < -0.39 is 34.0 Å². The summed E-state index contributed by atoms with van der Waals surface area (Å²) in [5.74, 6) is -4.47. The zero-order chi connectivity index (χ0) is 15.6. The first-order chi connectivity index (χ1) is 9.88. The SMILES string of the molecule is O=C(O)c1cc(Oc2cc(F)c([N+](=O)[O-])cc2F)ccn1. The Bertz CT molecular complexity index is 736. The predicted molar refractivity (Wildman–Crippen MR) is 64.3 cm³/mol. The highest BCUT2D eigenvalue weighted by Crippen LogP contribution is 2.30. The molecule has 21 heavy (non-hydrogen) atoms. The van der Waals surface area contributed by atoms with E-state index in [2.05, 4.69) is 4.98 Å². The van der Waals surface area contributed by atoms with Crippen LogP contribution < -0.4 is 4.74 Å². The van der Waals surface area contributed by atoms with Gasteiger partial charge in [-0.25, -0.2) is 14.2 Å². The lowest BCUT2D eigenvalue weighted by molar-refractivity contribution is -0.387. The Kier molecular flexibility index (Phi) is 3.74. The Morgan fingerprint density at radius 3 is 2.62 bits per heavy atom. The predicted octanol–water partition coefficient (Wildman–Crippen LogP) is 2.76. The van der Waals surface area contributed by atoms with Gasteiger partial charge in [-0.2, -0.15) is 4.39 Å². The zero-order valence-corrected chi connectivity index (χ0v) is 10.1. The molecule has 0 saturated carbocycles. The summed E-state index contributed by atoms with van der Waals surface area (Å²) < 4.78 is 32.0. The standard InChI is InChI=1S/C12H6F2N2O5/c13-7-5-11(8(14)4-10(7)16(19)20)21-6-1-2-15-9(3-6)12(17)18/h1-5H,(H,17,18). The third-order valence-electron chi connectivity index (χ3n) is 2.38. The molecular weight excluding hydrogens is 290 g/mol. The van der Waals surface area contributed by atoms with Gasteiger partial charge >= 0.3 is 11.7 Å². The molecule has 1 heterocycles. The number of aromatic nitrogens is 1. The number of benzene rings is 1. The maximum Gasteiger partial charge on any atom is 0.354 e. The van der Waals surface area contributed by atoms with E-state index >= 15 is 0 Å². The van der Waals surface area contributed by atoms with Gasteiger partial charge in [0.25, 0.3) is 0 Å². The smallest absolute Gasteiger partial charge is 0.354 e. The van der Waals surface area contributed by atoms with Gasteiger partial charge in [0.2, 0.25) is 5.82 Å². The van der Waals surface area contributed by atoms with Crippen molar-refractivity contribution < 1.29 is 28.3 Å². The topological polar surface area (TPSA) is 103 Å². The molecule has 0 radical (unpaired) electrons. The molecule has 0 atom stereocenters. The fourth-order valence-corrected chi connectivity index (χ4v) is 1.45. The van der Waals surface area contributed by atoms with Crippen molar-refractivity contribution in [2.45, 2.75) is 0 Å². The van der Waals surface area contributed by atoms with Crippen LogP contribution in [0.3, 0.4) is 0 Å². The Labute approximate surface area is 115 Å². The van der Waals surface area contributed by atoms with Gasteiger partial charge in [0.1, 0.15) is 5.75 Å². The highest BCUT2D eigenvalue weighted by atomic mass is 19.1. The number of nitrogens with zero attached hydrogens (tertiary/aromatic N) is 2. The van der Waals surface area contributed by atoms with E-state index in [0.717, 1.165) is 12.3 Å². The van der Waals surface area contributed by atoms with Crippen LogP contribution in [0.4, 0.5) is 14.5 Å². The number of rotatable bonds is 4. The Hall–Kier alpha value is -3.10. The number of nitro benzene ring substituents is 1. The molecule has 1 aromatic carbocycles. The first kappa shape index (κ1) is 14.3. The fraction of sp³-hybridized carbons (Fsp3) is 0. The molecule has 7 nitrogen and oxygen atoms in total. The maximum absolute atomic E-state index is 13.6. The molecule has 0 unspecified atom stereocenters. The number of carbonyl (C=O) groups is 1. The van der Waals surface area contributed by atoms with E-state index in [-0.39, 0.29) is 11.4 Å². The number of carboxylic acid groups (broad SMARTS) is 1. The van der Waals surface area contributed by atoms with E-state index in [1.165, 1.54) is 6.07 Å². The van der Waals surface area contributed by atoms with E-state index in [4.69, 9.17) is 9.84 Å². The highest BCUT2D eigenvalue weighted by Gasteiger charge is 2.20. The molecule has 0 fully saturated rings. The average molecular weight is 296 g/mol. The Morgan fingerprint density at radius 1 is 1.29 bits per heavy atom. The number of hydrogen-bond donors (Lipinski definition) is 1. The van der Waals surface area contributed by atoms with E-state index in [1.807, 2.05) is 0 Å². The Morgan fingerprint density at radius 2 is 2.00 bits per heavy atom. The summed E-state index contributed by atoms with van der Waals surface area (Å²) in [5, 5.41) is 19.2. The minimum Gasteiger partial charge on any atom is -0.477 e. The second-order valence-corrected chi connectivity index (χ2v) is 3.78. The van der Waals surface area contributed by atoms with Crippen molar-refractivity contribution in [3.63, 3.8) is 0 Å². The molecular formula is C12H6F2N2O5. The summed E-state index contributed by atoms with van der Waals surface area (Å²) in [5.41, 5.74) is -1.38. The number of ether oxygens (including phenoxy) is 1.